The molecule has 1 aliphatic rings. The third kappa shape index (κ3) is 3.02. The number of nitrogens with zero attached hydrogens (tertiary/aromatic N) is 1. The highest BCUT2D eigenvalue weighted by Crippen LogP contribution is 2.38. The first-order chi connectivity index (χ1) is 9.62. The van der Waals surface area contributed by atoms with Crippen molar-refractivity contribution in [2.45, 2.75) is 51.2 Å². The Morgan fingerprint density at radius 2 is 2.20 bits per heavy atom. The molecule has 3 nitrogen and oxygen atoms in total. The van der Waals surface area contributed by atoms with E-state index in [1.54, 1.807) is 7.11 Å². The van der Waals surface area contributed by atoms with E-state index in [-0.39, 0.29) is 6.04 Å². The Bertz CT molecular complexity index is 452. The van der Waals surface area contributed by atoms with Crippen molar-refractivity contribution < 1.29 is 4.74 Å². The molecular formula is C16H25BrN2O. The summed E-state index contributed by atoms with van der Waals surface area (Å²) in [6.45, 7) is 5.21. The number of likely N-dealkylation sites (tertiary alicyclic amines) is 1. The average Bonchev–Trinajstić information content (AvgIpc) is 2.83. The maximum Gasteiger partial charge on any atom is 0.119 e. The highest BCUT2D eigenvalue weighted by atomic mass is 79.9. The molecule has 0 bridgehead atoms. The number of benzene rings is 1. The van der Waals surface area contributed by atoms with Crippen molar-refractivity contribution >= 4 is 15.9 Å². The fourth-order valence-electron chi connectivity index (χ4n) is 3.38. The number of ether oxygens (including phenoxy) is 1. The number of nitrogens with two attached hydrogens (primary N) is 1. The first-order valence-corrected chi connectivity index (χ1v) is 8.22. The van der Waals surface area contributed by atoms with E-state index in [0.717, 1.165) is 10.2 Å². The van der Waals surface area contributed by atoms with Crippen LogP contribution in [-0.4, -0.2) is 30.6 Å². The molecular weight excluding hydrogens is 316 g/mol. The molecule has 0 saturated carbocycles. The second-order valence-electron chi connectivity index (χ2n) is 5.57. The van der Waals surface area contributed by atoms with E-state index in [9.17, 15) is 0 Å². The lowest BCUT2D eigenvalue weighted by Crippen LogP contribution is -2.41. The second-order valence-corrected chi connectivity index (χ2v) is 6.43. The molecule has 112 valence electrons. The fraction of sp³-hybridized carbons (Fsp3) is 0.625. The van der Waals surface area contributed by atoms with E-state index >= 15 is 0 Å². The van der Waals surface area contributed by atoms with Crippen LogP contribution < -0.4 is 10.5 Å². The van der Waals surface area contributed by atoms with Crippen LogP contribution in [0.25, 0.3) is 0 Å². The zero-order valence-corrected chi connectivity index (χ0v) is 14.2. The van der Waals surface area contributed by atoms with Crippen molar-refractivity contribution in [2.24, 2.45) is 5.73 Å². The molecule has 0 spiro atoms. The second kappa shape index (κ2) is 6.92. The molecule has 1 aromatic carbocycles. The van der Waals surface area contributed by atoms with E-state index in [1.807, 2.05) is 6.07 Å². The van der Waals surface area contributed by atoms with E-state index in [0.29, 0.717) is 18.6 Å². The summed E-state index contributed by atoms with van der Waals surface area (Å²) < 4.78 is 6.48. The van der Waals surface area contributed by atoms with Crippen LogP contribution in [0.3, 0.4) is 0 Å². The van der Waals surface area contributed by atoms with Gasteiger partial charge in [-0.3, -0.25) is 4.90 Å². The summed E-state index contributed by atoms with van der Waals surface area (Å²) in [4.78, 5) is 2.60. The highest BCUT2D eigenvalue weighted by molar-refractivity contribution is 9.10. The predicted molar refractivity (Wildman–Crippen MR) is 87.1 cm³/mol. The molecule has 1 aliphatic heterocycles. The zero-order valence-electron chi connectivity index (χ0n) is 12.6. The largest absolute Gasteiger partial charge is 0.497 e. The molecule has 2 rings (SSSR count). The van der Waals surface area contributed by atoms with Crippen LogP contribution in [0.4, 0.5) is 0 Å². The first-order valence-electron chi connectivity index (χ1n) is 7.43. The third-order valence-electron chi connectivity index (χ3n) is 4.46. The van der Waals surface area contributed by atoms with Crippen molar-refractivity contribution in [2.75, 3.05) is 13.7 Å². The SMILES string of the molecule is CCC1CCC(C)N1C(CN)c1cc(OC)ccc1Br. The number of hydrogen-bond donors (Lipinski definition) is 1. The number of methoxy groups -OCH3 is 1. The van der Waals surface area contributed by atoms with Gasteiger partial charge in [-0.1, -0.05) is 22.9 Å². The van der Waals surface area contributed by atoms with Gasteiger partial charge in [0.25, 0.3) is 0 Å². The monoisotopic (exact) mass is 340 g/mol. The Kier molecular flexibility index (Phi) is 5.47. The van der Waals surface area contributed by atoms with Crippen LogP contribution in [0.5, 0.6) is 5.75 Å². The molecule has 0 aliphatic carbocycles. The van der Waals surface area contributed by atoms with Gasteiger partial charge in [-0.25, -0.2) is 0 Å². The van der Waals surface area contributed by atoms with Crippen LogP contribution in [0.2, 0.25) is 0 Å². The normalized spacial score (nSPS) is 24.9. The van der Waals surface area contributed by atoms with Gasteiger partial charge in [0.1, 0.15) is 5.75 Å². The molecule has 3 unspecified atom stereocenters. The average molecular weight is 341 g/mol. The number of rotatable bonds is 5. The molecule has 2 N–H and O–H groups in total. The molecule has 1 fully saturated rings. The van der Waals surface area contributed by atoms with Gasteiger partial charge in [-0.15, -0.1) is 0 Å². The molecule has 0 aromatic heterocycles. The molecule has 0 amide bonds. The summed E-state index contributed by atoms with van der Waals surface area (Å²) in [6, 6.07) is 7.62. The zero-order chi connectivity index (χ0) is 14.7. The molecule has 4 heteroatoms. The summed E-state index contributed by atoms with van der Waals surface area (Å²) in [7, 11) is 1.71. The number of hydrogen-bond acceptors (Lipinski definition) is 3. The summed E-state index contributed by atoms with van der Waals surface area (Å²) in [6.07, 6.45) is 3.72. The highest BCUT2D eigenvalue weighted by Gasteiger charge is 2.35. The van der Waals surface area contributed by atoms with Gasteiger partial charge in [0, 0.05) is 29.1 Å². The maximum absolute atomic E-state index is 6.12. The van der Waals surface area contributed by atoms with Crippen LogP contribution in [0.1, 0.15) is 44.7 Å². The van der Waals surface area contributed by atoms with Gasteiger partial charge in [-0.05, 0) is 49.9 Å². The smallest absolute Gasteiger partial charge is 0.119 e. The predicted octanol–water partition coefficient (Wildman–Crippen LogP) is 3.72. The van der Waals surface area contributed by atoms with E-state index in [4.69, 9.17) is 10.5 Å². The van der Waals surface area contributed by atoms with Gasteiger partial charge in [0.15, 0.2) is 0 Å². The van der Waals surface area contributed by atoms with Gasteiger partial charge in [0.2, 0.25) is 0 Å². The van der Waals surface area contributed by atoms with E-state index < -0.39 is 0 Å². The van der Waals surface area contributed by atoms with Crippen LogP contribution in [-0.2, 0) is 0 Å². The van der Waals surface area contributed by atoms with Crippen LogP contribution in [0, 0.1) is 0 Å². The maximum atomic E-state index is 6.12. The Labute approximate surface area is 130 Å². The molecule has 3 atom stereocenters. The molecule has 1 heterocycles. The van der Waals surface area contributed by atoms with Gasteiger partial charge in [0.05, 0.1) is 7.11 Å². The minimum Gasteiger partial charge on any atom is -0.497 e. The Hall–Kier alpha value is -0.580. The molecule has 1 aromatic rings. The summed E-state index contributed by atoms with van der Waals surface area (Å²) in [5.41, 5.74) is 7.36. The van der Waals surface area contributed by atoms with Crippen molar-refractivity contribution in [1.29, 1.82) is 0 Å². The fourth-order valence-corrected chi connectivity index (χ4v) is 3.89. The quantitative estimate of drug-likeness (QED) is 0.887. The summed E-state index contributed by atoms with van der Waals surface area (Å²) in [5, 5.41) is 0. The summed E-state index contributed by atoms with van der Waals surface area (Å²) >= 11 is 3.67. The Morgan fingerprint density at radius 3 is 2.80 bits per heavy atom. The minimum absolute atomic E-state index is 0.252. The Balaban J connectivity index is 2.36. The molecule has 20 heavy (non-hydrogen) atoms. The Morgan fingerprint density at radius 1 is 1.45 bits per heavy atom. The number of halogens is 1. The van der Waals surface area contributed by atoms with Crippen LogP contribution in [0.15, 0.2) is 22.7 Å². The van der Waals surface area contributed by atoms with Crippen molar-refractivity contribution in [3.05, 3.63) is 28.2 Å². The minimum atomic E-state index is 0.252. The van der Waals surface area contributed by atoms with E-state index in [2.05, 4.69) is 46.8 Å². The van der Waals surface area contributed by atoms with Crippen LogP contribution >= 0.6 is 15.9 Å². The topological polar surface area (TPSA) is 38.5 Å². The van der Waals surface area contributed by atoms with Gasteiger partial charge < -0.3 is 10.5 Å². The molecule has 0 radical (unpaired) electrons. The van der Waals surface area contributed by atoms with Gasteiger partial charge in [-0.2, -0.15) is 0 Å². The van der Waals surface area contributed by atoms with Crippen molar-refractivity contribution in [3.63, 3.8) is 0 Å². The van der Waals surface area contributed by atoms with Gasteiger partial charge >= 0.3 is 0 Å². The lowest BCUT2D eigenvalue weighted by atomic mass is 10.0. The third-order valence-corrected chi connectivity index (χ3v) is 5.19. The van der Waals surface area contributed by atoms with E-state index in [1.165, 1.54) is 24.8 Å². The van der Waals surface area contributed by atoms with Crippen molar-refractivity contribution in [3.8, 4) is 5.75 Å². The standard InChI is InChI=1S/C16H25BrN2O/c1-4-12-6-5-11(2)19(12)16(10-18)14-9-13(20-3)7-8-15(14)17/h7-9,11-12,16H,4-6,10,18H2,1-3H3. The first kappa shape index (κ1) is 15.8. The van der Waals surface area contributed by atoms with Crippen molar-refractivity contribution in [1.82, 2.24) is 4.90 Å². The molecule has 1 saturated heterocycles. The lowest BCUT2D eigenvalue weighted by Gasteiger charge is -2.36. The summed E-state index contributed by atoms with van der Waals surface area (Å²) in [5.74, 6) is 0.890. The lowest BCUT2D eigenvalue weighted by molar-refractivity contribution is 0.136.